The van der Waals surface area contributed by atoms with Crippen LogP contribution in [0.25, 0.3) is 22.6 Å². The van der Waals surface area contributed by atoms with Crippen molar-refractivity contribution in [2.24, 2.45) is 12.8 Å². The molecule has 0 unspecified atom stereocenters. The second-order valence-corrected chi connectivity index (χ2v) is 5.60. The zero-order valence-corrected chi connectivity index (χ0v) is 13.5. The Balaban J connectivity index is 2.01. The number of pyridine rings is 1. The molecule has 0 saturated carbocycles. The summed E-state index contributed by atoms with van der Waals surface area (Å²) in [6.45, 7) is -0.232. The molecule has 0 saturated heterocycles. The highest BCUT2D eigenvalue weighted by Crippen LogP contribution is 2.28. The summed E-state index contributed by atoms with van der Waals surface area (Å²) >= 11 is 6.23. The average Bonchev–Trinajstić information content (AvgIpc) is 2.89. The van der Waals surface area contributed by atoms with Crippen molar-refractivity contribution in [2.45, 2.75) is 0 Å². The number of benzene rings is 1. The molecule has 3 rings (SSSR count). The Labute approximate surface area is 142 Å². The number of primary amides is 1. The van der Waals surface area contributed by atoms with Gasteiger partial charge in [0, 0.05) is 18.8 Å². The number of fused-ring (bicyclic) bond motifs is 1. The van der Waals surface area contributed by atoms with Crippen LogP contribution in [0.5, 0.6) is 0 Å². The highest BCUT2D eigenvalue weighted by atomic mass is 35.5. The molecule has 3 aromatic rings. The predicted octanol–water partition coefficient (Wildman–Crippen LogP) is 1.50. The van der Waals surface area contributed by atoms with E-state index in [1.54, 1.807) is 12.1 Å². The fraction of sp³-hybridized carbons (Fsp3) is 0.125. The summed E-state index contributed by atoms with van der Waals surface area (Å²) in [5, 5.41) is 3.00. The van der Waals surface area contributed by atoms with Gasteiger partial charge >= 0.3 is 0 Å². The van der Waals surface area contributed by atoms with Gasteiger partial charge in [0.1, 0.15) is 11.3 Å². The van der Waals surface area contributed by atoms with E-state index in [2.05, 4.69) is 15.3 Å². The molecule has 0 atom stereocenters. The van der Waals surface area contributed by atoms with E-state index in [4.69, 9.17) is 17.3 Å². The number of aromatic nitrogens is 3. The third-order valence-corrected chi connectivity index (χ3v) is 3.84. The number of imidazole rings is 1. The number of halogens is 1. The van der Waals surface area contributed by atoms with Crippen LogP contribution in [0, 0.1) is 0 Å². The molecular weight excluding hydrogens is 330 g/mol. The molecule has 7 nitrogen and oxygen atoms in total. The second-order valence-electron chi connectivity index (χ2n) is 5.19. The van der Waals surface area contributed by atoms with E-state index in [1.807, 2.05) is 29.8 Å². The van der Waals surface area contributed by atoms with Gasteiger partial charge in [0.2, 0.25) is 5.91 Å². The van der Waals surface area contributed by atoms with Crippen LogP contribution < -0.4 is 11.1 Å². The molecule has 8 heteroatoms. The number of hydrogen-bond donors (Lipinski definition) is 2. The summed E-state index contributed by atoms with van der Waals surface area (Å²) in [6, 6.07) is 8.97. The van der Waals surface area contributed by atoms with Crippen molar-refractivity contribution >= 4 is 34.6 Å². The molecular formula is C16H14ClN5O2. The number of carbonyl (C=O) groups excluding carboxylic acids is 2. The molecule has 2 aromatic heterocycles. The summed E-state index contributed by atoms with van der Waals surface area (Å²) in [4.78, 5) is 31.6. The monoisotopic (exact) mass is 343 g/mol. The first kappa shape index (κ1) is 15.9. The minimum atomic E-state index is -0.615. The number of nitrogens with two attached hydrogens (primary N) is 1. The molecule has 0 bridgehead atoms. The average molecular weight is 344 g/mol. The Kier molecular flexibility index (Phi) is 4.18. The van der Waals surface area contributed by atoms with Gasteiger partial charge in [-0.15, -0.1) is 0 Å². The van der Waals surface area contributed by atoms with E-state index >= 15 is 0 Å². The molecule has 122 valence electrons. The standard InChI is InChI=1S/C16H14ClN5O2/c1-22-14(10-4-2-3-5-11(10)17)21-12-6-9(7-19-15(12)22)16(24)20-8-13(18)23/h2-7H,8H2,1H3,(H2,18,23)(H,20,24). The molecule has 0 spiro atoms. The van der Waals surface area contributed by atoms with Crippen LogP contribution in [-0.2, 0) is 11.8 Å². The summed E-state index contributed by atoms with van der Waals surface area (Å²) in [5.74, 6) is -0.401. The highest BCUT2D eigenvalue weighted by Gasteiger charge is 2.15. The minimum absolute atomic E-state index is 0.232. The molecule has 0 radical (unpaired) electrons. The van der Waals surface area contributed by atoms with Crippen molar-refractivity contribution in [1.82, 2.24) is 19.9 Å². The summed E-state index contributed by atoms with van der Waals surface area (Å²) < 4.78 is 1.81. The summed E-state index contributed by atoms with van der Waals surface area (Å²) in [7, 11) is 1.83. The number of nitrogens with one attached hydrogen (secondary N) is 1. The molecule has 3 N–H and O–H groups in total. The van der Waals surface area contributed by atoms with Gasteiger partial charge in [-0.3, -0.25) is 9.59 Å². The van der Waals surface area contributed by atoms with E-state index < -0.39 is 11.8 Å². The Hall–Kier alpha value is -2.93. The zero-order valence-electron chi connectivity index (χ0n) is 12.8. The minimum Gasteiger partial charge on any atom is -0.368 e. The molecule has 0 aliphatic rings. The first-order chi connectivity index (χ1) is 11.5. The van der Waals surface area contributed by atoms with Gasteiger partial charge in [0.05, 0.1) is 17.1 Å². The number of nitrogens with zero attached hydrogens (tertiary/aromatic N) is 3. The van der Waals surface area contributed by atoms with Crippen molar-refractivity contribution in [2.75, 3.05) is 6.54 Å². The van der Waals surface area contributed by atoms with E-state index in [-0.39, 0.29) is 6.54 Å². The van der Waals surface area contributed by atoms with Gasteiger partial charge in [-0.25, -0.2) is 9.97 Å². The van der Waals surface area contributed by atoms with Crippen molar-refractivity contribution < 1.29 is 9.59 Å². The van der Waals surface area contributed by atoms with Gasteiger partial charge in [-0.1, -0.05) is 23.7 Å². The fourth-order valence-electron chi connectivity index (χ4n) is 2.35. The smallest absolute Gasteiger partial charge is 0.253 e. The summed E-state index contributed by atoms with van der Waals surface area (Å²) in [5.41, 5.74) is 7.27. The third-order valence-electron chi connectivity index (χ3n) is 3.51. The Bertz CT molecular complexity index is 951. The van der Waals surface area contributed by atoms with Gasteiger partial charge in [0.25, 0.3) is 5.91 Å². The zero-order chi connectivity index (χ0) is 17.3. The van der Waals surface area contributed by atoms with Crippen LogP contribution in [0.2, 0.25) is 5.02 Å². The Morgan fingerprint density at radius 3 is 2.79 bits per heavy atom. The van der Waals surface area contributed by atoms with Crippen molar-refractivity contribution in [3.8, 4) is 11.4 Å². The number of aryl methyl sites for hydroxylation is 1. The first-order valence-electron chi connectivity index (χ1n) is 7.11. The van der Waals surface area contributed by atoms with Crippen LogP contribution in [-0.4, -0.2) is 32.9 Å². The van der Waals surface area contributed by atoms with Crippen LogP contribution >= 0.6 is 11.6 Å². The van der Waals surface area contributed by atoms with E-state index in [9.17, 15) is 9.59 Å². The van der Waals surface area contributed by atoms with Crippen molar-refractivity contribution in [3.63, 3.8) is 0 Å². The number of rotatable bonds is 4. The van der Waals surface area contributed by atoms with Gasteiger partial charge in [-0.2, -0.15) is 0 Å². The predicted molar refractivity (Wildman–Crippen MR) is 90.5 cm³/mol. The normalized spacial score (nSPS) is 10.8. The maximum atomic E-state index is 12.0. The lowest BCUT2D eigenvalue weighted by molar-refractivity contribution is -0.117. The van der Waals surface area contributed by atoms with E-state index in [0.29, 0.717) is 27.6 Å². The van der Waals surface area contributed by atoms with Gasteiger partial charge in [-0.05, 0) is 18.2 Å². The quantitative estimate of drug-likeness (QED) is 0.749. The Morgan fingerprint density at radius 2 is 2.08 bits per heavy atom. The molecule has 0 aliphatic heterocycles. The molecule has 2 heterocycles. The lowest BCUT2D eigenvalue weighted by Gasteiger charge is -2.04. The largest absolute Gasteiger partial charge is 0.368 e. The lowest BCUT2D eigenvalue weighted by atomic mass is 10.2. The SMILES string of the molecule is Cn1c(-c2ccccc2Cl)nc2cc(C(=O)NCC(N)=O)cnc21. The van der Waals surface area contributed by atoms with Crippen LogP contribution in [0.15, 0.2) is 36.5 Å². The lowest BCUT2D eigenvalue weighted by Crippen LogP contribution is -2.33. The molecule has 1 aromatic carbocycles. The summed E-state index contributed by atoms with van der Waals surface area (Å²) in [6.07, 6.45) is 1.43. The number of carbonyl (C=O) groups is 2. The number of hydrogen-bond acceptors (Lipinski definition) is 4. The van der Waals surface area contributed by atoms with Crippen LogP contribution in [0.4, 0.5) is 0 Å². The fourth-order valence-corrected chi connectivity index (χ4v) is 2.57. The highest BCUT2D eigenvalue weighted by molar-refractivity contribution is 6.33. The van der Waals surface area contributed by atoms with E-state index in [1.165, 1.54) is 6.20 Å². The molecule has 0 fully saturated rings. The van der Waals surface area contributed by atoms with Gasteiger partial charge < -0.3 is 15.6 Å². The van der Waals surface area contributed by atoms with Crippen molar-refractivity contribution in [1.29, 1.82) is 0 Å². The Morgan fingerprint density at radius 1 is 1.33 bits per heavy atom. The van der Waals surface area contributed by atoms with Crippen LogP contribution in [0.1, 0.15) is 10.4 Å². The van der Waals surface area contributed by atoms with E-state index in [0.717, 1.165) is 5.56 Å². The van der Waals surface area contributed by atoms with Gasteiger partial charge in [0.15, 0.2) is 5.65 Å². The second kappa shape index (κ2) is 6.29. The molecule has 0 aliphatic carbocycles. The first-order valence-corrected chi connectivity index (χ1v) is 7.49. The number of amides is 2. The van der Waals surface area contributed by atoms with Crippen molar-refractivity contribution in [3.05, 3.63) is 47.1 Å². The topological polar surface area (TPSA) is 103 Å². The maximum Gasteiger partial charge on any atom is 0.253 e. The molecule has 2 amide bonds. The third kappa shape index (κ3) is 2.93. The molecule has 24 heavy (non-hydrogen) atoms. The maximum absolute atomic E-state index is 12.0. The van der Waals surface area contributed by atoms with Crippen LogP contribution in [0.3, 0.4) is 0 Å².